The van der Waals surface area contributed by atoms with Crippen LogP contribution in [0.1, 0.15) is 59.2 Å². The van der Waals surface area contributed by atoms with Crippen molar-refractivity contribution in [3.63, 3.8) is 0 Å². The van der Waals surface area contributed by atoms with Crippen LogP contribution in [0.15, 0.2) is 24.3 Å². The van der Waals surface area contributed by atoms with E-state index in [1.54, 1.807) is 0 Å². The van der Waals surface area contributed by atoms with Crippen LogP contribution in [0.2, 0.25) is 0 Å². The van der Waals surface area contributed by atoms with Crippen LogP contribution in [0.5, 0.6) is 0 Å². The Morgan fingerprint density at radius 2 is 1.96 bits per heavy atom. The minimum absolute atomic E-state index is 0.128. The van der Waals surface area contributed by atoms with Crippen molar-refractivity contribution in [1.29, 1.82) is 0 Å². The van der Waals surface area contributed by atoms with E-state index in [9.17, 15) is 4.79 Å². The van der Waals surface area contributed by atoms with Gasteiger partial charge < -0.3 is 9.47 Å². The lowest BCUT2D eigenvalue weighted by atomic mass is 9.96. The van der Waals surface area contributed by atoms with E-state index in [2.05, 4.69) is 26.7 Å². The van der Waals surface area contributed by atoms with E-state index < -0.39 is 0 Å². The smallest absolute Gasteiger partial charge is 0.253 e. The Bertz CT molecular complexity index is 809. The Balaban J connectivity index is 1.46. The van der Waals surface area contributed by atoms with Gasteiger partial charge in [0.15, 0.2) is 0 Å². The van der Waals surface area contributed by atoms with E-state index in [1.165, 1.54) is 12.8 Å². The maximum absolute atomic E-state index is 12.9. The van der Waals surface area contributed by atoms with Crippen molar-refractivity contribution in [3.05, 3.63) is 47.0 Å². The molecule has 1 aromatic carbocycles. The van der Waals surface area contributed by atoms with Crippen molar-refractivity contribution >= 4 is 5.91 Å². The summed E-state index contributed by atoms with van der Waals surface area (Å²) in [7, 11) is 2.07. The molecule has 0 saturated carbocycles. The van der Waals surface area contributed by atoms with Crippen LogP contribution >= 0.6 is 0 Å². The maximum Gasteiger partial charge on any atom is 0.253 e. The van der Waals surface area contributed by atoms with E-state index in [4.69, 9.17) is 0 Å². The number of rotatable bonds is 4. The molecule has 0 N–H and O–H groups in total. The summed E-state index contributed by atoms with van der Waals surface area (Å²) in [5.41, 5.74) is 1.90. The van der Waals surface area contributed by atoms with Crippen LogP contribution in [0.3, 0.4) is 0 Å². The first-order valence-corrected chi connectivity index (χ1v) is 10.1. The van der Waals surface area contributed by atoms with E-state index in [1.807, 2.05) is 36.1 Å². The number of benzene rings is 1. The lowest BCUT2D eigenvalue weighted by molar-refractivity contribution is 0.0703. The van der Waals surface area contributed by atoms with Crippen molar-refractivity contribution in [2.45, 2.75) is 45.1 Å². The summed E-state index contributed by atoms with van der Waals surface area (Å²) in [6.45, 7) is 6.76. The van der Waals surface area contributed by atoms with Crippen molar-refractivity contribution in [1.82, 2.24) is 24.6 Å². The average Bonchev–Trinajstić information content (AvgIpc) is 3.32. The molecule has 4 rings (SSSR count). The molecular formula is C21H29N5O. The summed E-state index contributed by atoms with van der Waals surface area (Å²) in [5.74, 6) is 2.44. The van der Waals surface area contributed by atoms with Crippen molar-refractivity contribution in [2.24, 2.45) is 7.05 Å². The van der Waals surface area contributed by atoms with Gasteiger partial charge in [-0.2, -0.15) is 0 Å². The molecule has 0 aliphatic carbocycles. The quantitative estimate of drug-likeness (QED) is 0.834. The molecule has 1 unspecified atom stereocenters. The van der Waals surface area contributed by atoms with Crippen LogP contribution < -0.4 is 0 Å². The Morgan fingerprint density at radius 1 is 1.15 bits per heavy atom. The summed E-state index contributed by atoms with van der Waals surface area (Å²) >= 11 is 0. The number of likely N-dealkylation sites (tertiary alicyclic amines) is 2. The van der Waals surface area contributed by atoms with Crippen molar-refractivity contribution < 1.29 is 4.79 Å². The Hall–Kier alpha value is -2.21. The number of piperidine rings is 1. The van der Waals surface area contributed by atoms with Gasteiger partial charge in [0.05, 0.1) is 6.54 Å². The number of aryl methyl sites for hydroxylation is 1. The third-order valence-electron chi connectivity index (χ3n) is 5.90. The molecule has 2 aliphatic heterocycles. The highest BCUT2D eigenvalue weighted by atomic mass is 16.2. The summed E-state index contributed by atoms with van der Waals surface area (Å²) in [6.07, 6.45) is 4.64. The molecule has 2 aromatic rings. The SMILES string of the molecule is Cc1cccc(C(=O)N2CCCC(c3nnc(CN4CCCC4)n3C)C2)c1. The second kappa shape index (κ2) is 7.80. The highest BCUT2D eigenvalue weighted by Gasteiger charge is 2.29. The molecule has 3 heterocycles. The number of carbonyl (C=O) groups excluding carboxylic acids is 1. The molecule has 0 bridgehead atoms. The van der Waals surface area contributed by atoms with Gasteiger partial charge in [-0.3, -0.25) is 9.69 Å². The first-order valence-electron chi connectivity index (χ1n) is 10.1. The topological polar surface area (TPSA) is 54.3 Å². The summed E-state index contributed by atoms with van der Waals surface area (Å²) < 4.78 is 2.16. The van der Waals surface area contributed by atoms with E-state index >= 15 is 0 Å². The molecule has 27 heavy (non-hydrogen) atoms. The van der Waals surface area contributed by atoms with Gasteiger partial charge in [-0.1, -0.05) is 17.7 Å². The zero-order valence-corrected chi connectivity index (χ0v) is 16.4. The molecule has 144 valence electrons. The number of carbonyl (C=O) groups is 1. The monoisotopic (exact) mass is 367 g/mol. The minimum atomic E-state index is 0.128. The molecule has 0 radical (unpaired) electrons. The van der Waals surface area contributed by atoms with Gasteiger partial charge in [0.2, 0.25) is 0 Å². The molecule has 2 saturated heterocycles. The van der Waals surface area contributed by atoms with E-state index in [0.717, 1.165) is 68.3 Å². The number of hydrogen-bond acceptors (Lipinski definition) is 4. The minimum Gasteiger partial charge on any atom is -0.338 e. The first-order chi connectivity index (χ1) is 13.1. The Morgan fingerprint density at radius 3 is 2.74 bits per heavy atom. The second-order valence-electron chi connectivity index (χ2n) is 7.98. The Labute approximate surface area is 161 Å². The van der Waals surface area contributed by atoms with Crippen molar-refractivity contribution in [2.75, 3.05) is 26.2 Å². The molecule has 2 fully saturated rings. The molecule has 1 aromatic heterocycles. The van der Waals surface area contributed by atoms with Crippen LogP contribution in [0.4, 0.5) is 0 Å². The zero-order valence-electron chi connectivity index (χ0n) is 16.4. The molecular weight excluding hydrogens is 338 g/mol. The normalized spacial score (nSPS) is 21.0. The fourth-order valence-corrected chi connectivity index (χ4v) is 4.34. The molecule has 1 atom stereocenters. The van der Waals surface area contributed by atoms with Crippen LogP contribution in [0, 0.1) is 6.92 Å². The lowest BCUT2D eigenvalue weighted by Gasteiger charge is -2.32. The lowest BCUT2D eigenvalue weighted by Crippen LogP contribution is -2.39. The third-order valence-corrected chi connectivity index (χ3v) is 5.90. The van der Waals surface area contributed by atoms with E-state index in [-0.39, 0.29) is 11.8 Å². The van der Waals surface area contributed by atoms with Gasteiger partial charge in [0.25, 0.3) is 5.91 Å². The fourth-order valence-electron chi connectivity index (χ4n) is 4.34. The maximum atomic E-state index is 12.9. The number of nitrogens with zero attached hydrogens (tertiary/aromatic N) is 5. The van der Waals surface area contributed by atoms with Crippen molar-refractivity contribution in [3.8, 4) is 0 Å². The van der Waals surface area contributed by atoms with E-state index in [0.29, 0.717) is 0 Å². The van der Waals surface area contributed by atoms with Crippen LogP contribution in [-0.2, 0) is 13.6 Å². The van der Waals surface area contributed by atoms with Gasteiger partial charge >= 0.3 is 0 Å². The standard InChI is InChI=1S/C21H29N5O/c1-16-7-5-8-17(13-16)21(27)26-12-6-9-18(14-26)20-23-22-19(24(20)2)15-25-10-3-4-11-25/h5,7-8,13,18H,3-4,6,9-12,14-15H2,1-2H3. The fraction of sp³-hybridized carbons (Fsp3) is 0.571. The molecule has 0 spiro atoms. The third kappa shape index (κ3) is 3.90. The second-order valence-corrected chi connectivity index (χ2v) is 7.98. The number of hydrogen-bond donors (Lipinski definition) is 0. The van der Waals surface area contributed by atoms with Crippen LogP contribution in [0.25, 0.3) is 0 Å². The molecule has 2 aliphatic rings. The van der Waals surface area contributed by atoms with Gasteiger partial charge in [0, 0.05) is 31.6 Å². The first kappa shape index (κ1) is 18.2. The largest absolute Gasteiger partial charge is 0.338 e. The van der Waals surface area contributed by atoms with Gasteiger partial charge in [0.1, 0.15) is 11.6 Å². The molecule has 6 heteroatoms. The van der Waals surface area contributed by atoms with Gasteiger partial charge in [-0.15, -0.1) is 10.2 Å². The Kier molecular flexibility index (Phi) is 5.25. The summed E-state index contributed by atoms with van der Waals surface area (Å²) in [6, 6.07) is 7.87. The van der Waals surface area contributed by atoms with Gasteiger partial charge in [-0.25, -0.2) is 0 Å². The van der Waals surface area contributed by atoms with Crippen LogP contribution in [-0.4, -0.2) is 56.7 Å². The predicted molar refractivity (Wildman–Crippen MR) is 105 cm³/mol. The average molecular weight is 367 g/mol. The summed E-state index contributed by atoms with van der Waals surface area (Å²) in [5, 5.41) is 8.97. The highest BCUT2D eigenvalue weighted by molar-refractivity contribution is 5.94. The van der Waals surface area contributed by atoms with Gasteiger partial charge in [-0.05, 0) is 57.8 Å². The zero-order chi connectivity index (χ0) is 18.8. The molecule has 1 amide bonds. The molecule has 6 nitrogen and oxygen atoms in total. The number of amides is 1. The summed E-state index contributed by atoms with van der Waals surface area (Å²) in [4.78, 5) is 17.4. The highest BCUT2D eigenvalue weighted by Crippen LogP contribution is 2.27. The predicted octanol–water partition coefficient (Wildman–Crippen LogP) is 2.74. The number of aromatic nitrogens is 3.